The summed E-state index contributed by atoms with van der Waals surface area (Å²) in [6, 6.07) is 7.91. The molecule has 0 amide bonds. The van der Waals surface area contributed by atoms with E-state index >= 15 is 0 Å². The highest BCUT2D eigenvalue weighted by atomic mass is 16.7. The fraction of sp³-hybridized carbons (Fsp3) is 0.385. The molecule has 85 valence electrons. The average molecular weight is 219 g/mol. The van der Waals surface area contributed by atoms with Crippen LogP contribution in [0.2, 0.25) is 0 Å². The van der Waals surface area contributed by atoms with Gasteiger partial charge in [-0.1, -0.05) is 24.3 Å². The van der Waals surface area contributed by atoms with Gasteiger partial charge in [0.1, 0.15) is 6.10 Å². The molecule has 2 rings (SSSR count). The van der Waals surface area contributed by atoms with Crippen molar-refractivity contribution in [3.8, 4) is 0 Å². The van der Waals surface area contributed by atoms with Gasteiger partial charge in [-0.3, -0.25) is 0 Å². The molecule has 3 nitrogen and oxygen atoms in total. The van der Waals surface area contributed by atoms with Crippen molar-refractivity contribution < 1.29 is 14.2 Å². The van der Waals surface area contributed by atoms with E-state index in [1.807, 2.05) is 30.3 Å². The molecule has 0 N–H and O–H groups in total. The van der Waals surface area contributed by atoms with Crippen LogP contribution in [0, 0.1) is 6.08 Å². The van der Waals surface area contributed by atoms with E-state index < -0.39 is 5.79 Å². The van der Waals surface area contributed by atoms with Gasteiger partial charge in [-0.25, -0.2) is 0 Å². The molecule has 0 saturated carbocycles. The number of ether oxygens (including phenoxy) is 3. The Morgan fingerprint density at radius 2 is 1.81 bits per heavy atom. The van der Waals surface area contributed by atoms with Crippen LogP contribution in [0.25, 0.3) is 6.08 Å². The van der Waals surface area contributed by atoms with Crippen molar-refractivity contribution in [1.29, 1.82) is 0 Å². The van der Waals surface area contributed by atoms with Crippen LogP contribution in [0.5, 0.6) is 0 Å². The van der Waals surface area contributed by atoms with Crippen molar-refractivity contribution >= 4 is 6.08 Å². The maximum absolute atomic E-state index is 5.53. The van der Waals surface area contributed by atoms with E-state index in [0.717, 1.165) is 11.1 Å². The lowest BCUT2D eigenvalue weighted by Crippen LogP contribution is -2.45. The second-order valence-electron chi connectivity index (χ2n) is 3.59. The Kier molecular flexibility index (Phi) is 3.10. The van der Waals surface area contributed by atoms with Gasteiger partial charge >= 0.3 is 0 Å². The largest absolute Gasteiger partial charge is 0.371 e. The summed E-state index contributed by atoms with van der Waals surface area (Å²) in [5, 5.41) is 0. The molecule has 1 aromatic rings. The molecular formula is C13H15O3. The van der Waals surface area contributed by atoms with Gasteiger partial charge in [-0.2, -0.15) is 0 Å². The van der Waals surface area contributed by atoms with Gasteiger partial charge in [-0.05, 0) is 17.7 Å². The Morgan fingerprint density at radius 1 is 1.12 bits per heavy atom. The van der Waals surface area contributed by atoms with E-state index in [9.17, 15) is 0 Å². The van der Waals surface area contributed by atoms with Crippen molar-refractivity contribution in [1.82, 2.24) is 0 Å². The zero-order valence-electron chi connectivity index (χ0n) is 9.69. The SMILES string of the molecule is COC1[C]=Cc2ccccc2C1(OC)OC. The monoisotopic (exact) mass is 219 g/mol. The van der Waals surface area contributed by atoms with Crippen LogP contribution in [-0.4, -0.2) is 27.4 Å². The lowest BCUT2D eigenvalue weighted by molar-refractivity contribution is -0.265. The molecule has 0 bridgehead atoms. The summed E-state index contributed by atoms with van der Waals surface area (Å²) in [6.07, 6.45) is 4.66. The molecule has 0 heterocycles. The molecule has 16 heavy (non-hydrogen) atoms. The summed E-state index contributed by atoms with van der Waals surface area (Å²) < 4.78 is 16.4. The Balaban J connectivity index is 2.58. The van der Waals surface area contributed by atoms with Crippen molar-refractivity contribution in [2.75, 3.05) is 21.3 Å². The second-order valence-corrected chi connectivity index (χ2v) is 3.59. The standard InChI is InChI=1S/C13H15O3/c1-14-12-9-8-10-6-4-5-7-11(10)13(12,15-2)16-3/h4-8,12H,1-3H3. The molecule has 1 atom stereocenters. The number of fused-ring (bicyclic) bond motifs is 1. The predicted octanol–water partition coefficient (Wildman–Crippen LogP) is 1.98. The van der Waals surface area contributed by atoms with E-state index in [2.05, 4.69) is 6.08 Å². The molecule has 0 fully saturated rings. The first kappa shape index (κ1) is 11.3. The van der Waals surface area contributed by atoms with Crippen LogP contribution in [0.4, 0.5) is 0 Å². The van der Waals surface area contributed by atoms with Crippen LogP contribution in [-0.2, 0) is 20.0 Å². The van der Waals surface area contributed by atoms with Gasteiger partial charge in [0.15, 0.2) is 0 Å². The summed E-state index contributed by atoms with van der Waals surface area (Å²) in [5.74, 6) is -0.903. The number of rotatable bonds is 3. The van der Waals surface area contributed by atoms with Crippen LogP contribution in [0.15, 0.2) is 24.3 Å². The molecule has 0 aliphatic heterocycles. The Labute approximate surface area is 95.6 Å². The normalized spacial score (nSPS) is 21.8. The first-order valence-corrected chi connectivity index (χ1v) is 5.10. The highest BCUT2D eigenvalue weighted by Crippen LogP contribution is 2.38. The van der Waals surface area contributed by atoms with Crippen molar-refractivity contribution in [2.45, 2.75) is 11.9 Å². The molecule has 1 unspecified atom stereocenters. The highest BCUT2D eigenvalue weighted by molar-refractivity contribution is 5.57. The Hall–Kier alpha value is -1.16. The van der Waals surface area contributed by atoms with Gasteiger partial charge in [0.2, 0.25) is 5.79 Å². The highest BCUT2D eigenvalue weighted by Gasteiger charge is 2.44. The van der Waals surface area contributed by atoms with Gasteiger partial charge in [0.05, 0.1) is 0 Å². The molecule has 1 aliphatic carbocycles. The summed E-state index contributed by atoms with van der Waals surface area (Å²) in [4.78, 5) is 0. The minimum absolute atomic E-state index is 0.364. The quantitative estimate of drug-likeness (QED) is 0.727. The third-order valence-corrected chi connectivity index (χ3v) is 2.91. The van der Waals surface area contributed by atoms with Crippen molar-refractivity contribution in [2.24, 2.45) is 0 Å². The molecular weight excluding hydrogens is 204 g/mol. The molecule has 3 heteroatoms. The maximum atomic E-state index is 5.53. The Bertz CT molecular complexity index is 394. The van der Waals surface area contributed by atoms with Crippen LogP contribution in [0.1, 0.15) is 11.1 Å². The zero-order valence-corrected chi connectivity index (χ0v) is 9.69. The molecule has 0 spiro atoms. The zero-order chi connectivity index (χ0) is 11.6. The fourth-order valence-corrected chi connectivity index (χ4v) is 2.10. The second kappa shape index (κ2) is 4.37. The molecule has 1 radical (unpaired) electrons. The molecule has 1 aliphatic rings. The summed E-state index contributed by atoms with van der Waals surface area (Å²) >= 11 is 0. The van der Waals surface area contributed by atoms with Gasteiger partial charge < -0.3 is 14.2 Å². The maximum Gasteiger partial charge on any atom is 0.226 e. The number of benzene rings is 1. The van der Waals surface area contributed by atoms with Crippen LogP contribution in [0.3, 0.4) is 0 Å². The first-order chi connectivity index (χ1) is 7.78. The van der Waals surface area contributed by atoms with Crippen molar-refractivity contribution in [3.63, 3.8) is 0 Å². The predicted molar refractivity (Wildman–Crippen MR) is 60.6 cm³/mol. The van der Waals surface area contributed by atoms with Gasteiger partial charge in [0.25, 0.3) is 0 Å². The smallest absolute Gasteiger partial charge is 0.226 e. The summed E-state index contributed by atoms with van der Waals surface area (Å²) in [7, 11) is 4.84. The lowest BCUT2D eigenvalue weighted by atomic mass is 9.89. The minimum atomic E-state index is -0.903. The molecule has 0 aromatic heterocycles. The fourth-order valence-electron chi connectivity index (χ4n) is 2.10. The van der Waals surface area contributed by atoms with E-state index in [4.69, 9.17) is 14.2 Å². The van der Waals surface area contributed by atoms with E-state index in [-0.39, 0.29) is 6.10 Å². The van der Waals surface area contributed by atoms with Gasteiger partial charge in [0, 0.05) is 26.9 Å². The van der Waals surface area contributed by atoms with E-state index in [0.29, 0.717) is 0 Å². The van der Waals surface area contributed by atoms with Crippen LogP contribution < -0.4 is 0 Å². The third-order valence-electron chi connectivity index (χ3n) is 2.91. The minimum Gasteiger partial charge on any atom is -0.371 e. The van der Waals surface area contributed by atoms with E-state index in [1.54, 1.807) is 21.3 Å². The molecule has 0 saturated heterocycles. The van der Waals surface area contributed by atoms with Gasteiger partial charge in [-0.15, -0.1) is 0 Å². The van der Waals surface area contributed by atoms with Crippen molar-refractivity contribution in [3.05, 3.63) is 41.5 Å². The summed E-state index contributed by atoms with van der Waals surface area (Å²) in [6.45, 7) is 0. The number of hydrogen-bond acceptors (Lipinski definition) is 3. The van der Waals surface area contributed by atoms with Crippen LogP contribution >= 0.6 is 0 Å². The lowest BCUT2D eigenvalue weighted by Gasteiger charge is -2.38. The number of methoxy groups -OCH3 is 3. The van der Waals surface area contributed by atoms with E-state index in [1.165, 1.54) is 0 Å². The average Bonchev–Trinajstić information content (AvgIpc) is 2.37. The Morgan fingerprint density at radius 3 is 2.44 bits per heavy atom. The third kappa shape index (κ3) is 1.48. The first-order valence-electron chi connectivity index (χ1n) is 5.10. The molecule has 1 aromatic carbocycles. The summed E-state index contributed by atoms with van der Waals surface area (Å²) in [5.41, 5.74) is 2.00. The topological polar surface area (TPSA) is 27.7 Å². The number of hydrogen-bond donors (Lipinski definition) is 0.